The average molecular weight is 154 g/mol. The summed E-state index contributed by atoms with van der Waals surface area (Å²) in [6.45, 7) is 9.88. The van der Waals surface area contributed by atoms with E-state index in [0.29, 0.717) is 12.2 Å². The summed E-state index contributed by atoms with van der Waals surface area (Å²) in [5.41, 5.74) is 1.02. The molecule has 0 spiro atoms. The molecule has 0 heterocycles. The third-order valence-electron chi connectivity index (χ3n) is 1.53. The van der Waals surface area contributed by atoms with Crippen molar-refractivity contribution in [1.29, 1.82) is 0 Å². The van der Waals surface area contributed by atoms with E-state index >= 15 is 0 Å². The molecule has 1 heteroatoms. The van der Waals surface area contributed by atoms with Crippen molar-refractivity contribution in [2.75, 3.05) is 0 Å². The van der Waals surface area contributed by atoms with Crippen molar-refractivity contribution < 1.29 is 4.79 Å². The summed E-state index contributed by atoms with van der Waals surface area (Å²) in [6, 6.07) is 0. The SMILES string of the molecule is CC(C)=CCC(=O)C(C)(C)C. The number of rotatable bonds is 2. The van der Waals surface area contributed by atoms with Gasteiger partial charge in [0.1, 0.15) is 5.78 Å². The Labute approximate surface area is 69.5 Å². The summed E-state index contributed by atoms with van der Waals surface area (Å²) in [7, 11) is 0. The lowest BCUT2D eigenvalue weighted by Gasteiger charge is -2.14. The highest BCUT2D eigenvalue weighted by Crippen LogP contribution is 2.17. The number of Topliss-reactive ketones (excluding diaryl/α,β-unsaturated/α-hetero) is 1. The molecule has 11 heavy (non-hydrogen) atoms. The van der Waals surface area contributed by atoms with Gasteiger partial charge in [0.05, 0.1) is 0 Å². The van der Waals surface area contributed by atoms with Gasteiger partial charge in [-0.25, -0.2) is 0 Å². The van der Waals surface area contributed by atoms with Gasteiger partial charge >= 0.3 is 0 Å². The van der Waals surface area contributed by atoms with E-state index in [1.54, 1.807) is 0 Å². The standard InChI is InChI=1S/C10H18O/c1-8(2)6-7-9(11)10(3,4)5/h6H,7H2,1-5H3. The topological polar surface area (TPSA) is 17.1 Å². The number of allylic oxidation sites excluding steroid dienone is 2. The fourth-order valence-corrected chi connectivity index (χ4v) is 0.603. The van der Waals surface area contributed by atoms with Crippen molar-refractivity contribution in [3.63, 3.8) is 0 Å². The van der Waals surface area contributed by atoms with Gasteiger partial charge in [-0.1, -0.05) is 32.4 Å². The summed E-state index contributed by atoms with van der Waals surface area (Å²) < 4.78 is 0. The number of carbonyl (C=O) groups is 1. The Kier molecular flexibility index (Phi) is 3.50. The van der Waals surface area contributed by atoms with Crippen molar-refractivity contribution in [2.45, 2.75) is 41.0 Å². The van der Waals surface area contributed by atoms with Crippen LogP contribution in [0.15, 0.2) is 11.6 Å². The second kappa shape index (κ2) is 3.70. The van der Waals surface area contributed by atoms with E-state index in [1.165, 1.54) is 5.57 Å². The van der Waals surface area contributed by atoms with Crippen LogP contribution in [0.2, 0.25) is 0 Å². The smallest absolute Gasteiger partial charge is 0.141 e. The summed E-state index contributed by atoms with van der Waals surface area (Å²) in [5.74, 6) is 0.304. The van der Waals surface area contributed by atoms with Gasteiger partial charge in [0, 0.05) is 11.8 Å². The Morgan fingerprint density at radius 1 is 1.27 bits per heavy atom. The predicted octanol–water partition coefficient (Wildman–Crippen LogP) is 2.96. The van der Waals surface area contributed by atoms with E-state index in [2.05, 4.69) is 0 Å². The number of hydrogen-bond acceptors (Lipinski definition) is 1. The fraction of sp³-hybridized carbons (Fsp3) is 0.700. The zero-order valence-corrected chi connectivity index (χ0v) is 8.19. The van der Waals surface area contributed by atoms with Crippen LogP contribution in [-0.2, 0) is 4.79 Å². The van der Waals surface area contributed by atoms with Crippen LogP contribution in [0, 0.1) is 5.41 Å². The number of ketones is 1. The minimum Gasteiger partial charge on any atom is -0.299 e. The minimum atomic E-state index is -0.189. The molecule has 0 radical (unpaired) electrons. The van der Waals surface area contributed by atoms with Crippen LogP contribution in [-0.4, -0.2) is 5.78 Å². The molecule has 0 aliphatic heterocycles. The predicted molar refractivity (Wildman–Crippen MR) is 48.5 cm³/mol. The van der Waals surface area contributed by atoms with Crippen LogP contribution in [0.3, 0.4) is 0 Å². The molecule has 0 bridgehead atoms. The molecular formula is C10H18O. The third kappa shape index (κ3) is 4.77. The summed E-state index contributed by atoms with van der Waals surface area (Å²) in [4.78, 5) is 11.3. The van der Waals surface area contributed by atoms with Crippen molar-refractivity contribution in [1.82, 2.24) is 0 Å². The molecule has 0 aromatic carbocycles. The van der Waals surface area contributed by atoms with Gasteiger partial charge in [0.15, 0.2) is 0 Å². The molecule has 0 atom stereocenters. The van der Waals surface area contributed by atoms with E-state index in [1.807, 2.05) is 40.7 Å². The van der Waals surface area contributed by atoms with Gasteiger partial charge < -0.3 is 0 Å². The van der Waals surface area contributed by atoms with E-state index < -0.39 is 0 Å². The Hall–Kier alpha value is -0.590. The van der Waals surface area contributed by atoms with Crippen LogP contribution in [0.1, 0.15) is 41.0 Å². The molecule has 0 amide bonds. The lowest BCUT2D eigenvalue weighted by atomic mass is 9.89. The molecule has 64 valence electrons. The molecule has 0 fully saturated rings. The molecular weight excluding hydrogens is 136 g/mol. The highest BCUT2D eigenvalue weighted by Gasteiger charge is 2.19. The molecule has 0 N–H and O–H groups in total. The zero-order chi connectivity index (χ0) is 9.07. The van der Waals surface area contributed by atoms with Gasteiger partial charge in [-0.15, -0.1) is 0 Å². The lowest BCUT2D eigenvalue weighted by molar-refractivity contribution is -0.125. The molecule has 0 saturated heterocycles. The first-order valence-electron chi connectivity index (χ1n) is 4.00. The zero-order valence-electron chi connectivity index (χ0n) is 8.19. The number of carbonyl (C=O) groups excluding carboxylic acids is 1. The van der Waals surface area contributed by atoms with Gasteiger partial charge in [-0.2, -0.15) is 0 Å². The molecule has 1 nitrogen and oxygen atoms in total. The van der Waals surface area contributed by atoms with E-state index in [9.17, 15) is 4.79 Å². The van der Waals surface area contributed by atoms with Crippen molar-refractivity contribution in [2.24, 2.45) is 5.41 Å². The molecule has 0 aromatic rings. The Morgan fingerprint density at radius 2 is 1.73 bits per heavy atom. The maximum Gasteiger partial charge on any atom is 0.141 e. The molecule has 0 unspecified atom stereocenters. The van der Waals surface area contributed by atoms with Crippen LogP contribution in [0.4, 0.5) is 0 Å². The minimum absolute atomic E-state index is 0.189. The van der Waals surface area contributed by atoms with Crippen LogP contribution in [0.25, 0.3) is 0 Å². The maximum atomic E-state index is 11.3. The summed E-state index contributed by atoms with van der Waals surface area (Å²) in [6.07, 6.45) is 2.55. The lowest BCUT2D eigenvalue weighted by Crippen LogP contribution is -2.18. The first-order chi connectivity index (χ1) is 4.84. The van der Waals surface area contributed by atoms with Crippen molar-refractivity contribution in [3.8, 4) is 0 Å². The molecule has 0 aliphatic carbocycles. The van der Waals surface area contributed by atoms with Crippen molar-refractivity contribution in [3.05, 3.63) is 11.6 Å². The van der Waals surface area contributed by atoms with E-state index in [4.69, 9.17) is 0 Å². The van der Waals surface area contributed by atoms with Crippen LogP contribution >= 0.6 is 0 Å². The molecule has 0 rings (SSSR count). The number of hydrogen-bond donors (Lipinski definition) is 0. The van der Waals surface area contributed by atoms with Crippen molar-refractivity contribution >= 4 is 5.78 Å². The second-order valence-corrected chi connectivity index (χ2v) is 4.16. The largest absolute Gasteiger partial charge is 0.299 e. The second-order valence-electron chi connectivity index (χ2n) is 4.16. The summed E-state index contributed by atoms with van der Waals surface area (Å²) >= 11 is 0. The van der Waals surface area contributed by atoms with E-state index in [-0.39, 0.29) is 5.41 Å². The first kappa shape index (κ1) is 10.4. The molecule has 0 saturated carbocycles. The normalized spacial score (nSPS) is 11.0. The Bertz CT molecular complexity index is 166. The Morgan fingerprint density at radius 3 is 2.00 bits per heavy atom. The average Bonchev–Trinajstić information content (AvgIpc) is 1.80. The molecule has 0 aliphatic rings. The third-order valence-corrected chi connectivity index (χ3v) is 1.53. The van der Waals surface area contributed by atoms with Gasteiger partial charge in [0.2, 0.25) is 0 Å². The van der Waals surface area contributed by atoms with E-state index in [0.717, 1.165) is 0 Å². The molecule has 0 aromatic heterocycles. The highest BCUT2D eigenvalue weighted by molar-refractivity contribution is 5.84. The first-order valence-corrected chi connectivity index (χ1v) is 4.00. The summed E-state index contributed by atoms with van der Waals surface area (Å²) in [5, 5.41) is 0. The fourth-order valence-electron chi connectivity index (χ4n) is 0.603. The van der Waals surface area contributed by atoms with Gasteiger partial charge in [0.25, 0.3) is 0 Å². The monoisotopic (exact) mass is 154 g/mol. The maximum absolute atomic E-state index is 11.3. The van der Waals surface area contributed by atoms with Gasteiger partial charge in [-0.3, -0.25) is 4.79 Å². The van der Waals surface area contributed by atoms with Crippen LogP contribution in [0.5, 0.6) is 0 Å². The Balaban J connectivity index is 4.01. The van der Waals surface area contributed by atoms with Crippen LogP contribution < -0.4 is 0 Å². The quantitative estimate of drug-likeness (QED) is 0.559. The van der Waals surface area contributed by atoms with Gasteiger partial charge in [-0.05, 0) is 13.8 Å². The highest BCUT2D eigenvalue weighted by atomic mass is 16.1.